The van der Waals surface area contributed by atoms with E-state index >= 15 is 0 Å². The average molecular weight is 424 g/mol. The number of nitrogens with zero attached hydrogens (tertiary/aromatic N) is 4. The Morgan fingerprint density at radius 2 is 1.94 bits per heavy atom. The lowest BCUT2D eigenvalue weighted by atomic mass is 10.1. The third-order valence-electron chi connectivity index (χ3n) is 4.97. The van der Waals surface area contributed by atoms with Gasteiger partial charge in [-0.25, -0.2) is 10.8 Å². The molecule has 3 rings (SSSR count). The Kier molecular flexibility index (Phi) is 7.06. The van der Waals surface area contributed by atoms with Crippen molar-refractivity contribution in [2.24, 2.45) is 5.84 Å². The number of aromatic nitrogens is 3. The monoisotopic (exact) mass is 423 g/mol. The zero-order chi connectivity index (χ0) is 22.4. The molecule has 0 spiro atoms. The molecule has 0 radical (unpaired) electrons. The van der Waals surface area contributed by atoms with E-state index in [1.807, 2.05) is 42.2 Å². The molecule has 8 N–H and O–H groups in total. The Hall–Kier alpha value is -3.63. The van der Waals surface area contributed by atoms with Gasteiger partial charge in [0.1, 0.15) is 5.82 Å². The van der Waals surface area contributed by atoms with Gasteiger partial charge in [-0.05, 0) is 41.9 Å². The molecule has 3 aromatic rings. The second kappa shape index (κ2) is 9.92. The number of nitrogens with two attached hydrogens (primary N) is 3. The number of carbonyl (C=O) groups is 1. The lowest BCUT2D eigenvalue weighted by Crippen LogP contribution is -2.32. The molecular weight excluding hydrogens is 394 g/mol. The highest BCUT2D eigenvalue weighted by Gasteiger charge is 2.12. The molecule has 0 aliphatic rings. The summed E-state index contributed by atoms with van der Waals surface area (Å²) in [5, 5.41) is 7.47. The van der Waals surface area contributed by atoms with E-state index in [9.17, 15) is 4.79 Å². The van der Waals surface area contributed by atoms with Crippen LogP contribution >= 0.6 is 0 Å². The summed E-state index contributed by atoms with van der Waals surface area (Å²) in [4.78, 5) is 18.2. The van der Waals surface area contributed by atoms with E-state index in [0.29, 0.717) is 42.4 Å². The predicted molar refractivity (Wildman–Crippen MR) is 122 cm³/mol. The molecule has 10 nitrogen and oxygen atoms in total. The number of nitrogens with one attached hydrogen (secondary N) is 2. The van der Waals surface area contributed by atoms with Gasteiger partial charge in [0.15, 0.2) is 5.82 Å². The Morgan fingerprint density at radius 1 is 1.19 bits per heavy atom. The Morgan fingerprint density at radius 3 is 2.61 bits per heavy atom. The molecule has 31 heavy (non-hydrogen) atoms. The molecule has 0 atom stereocenters. The van der Waals surface area contributed by atoms with Crippen LogP contribution in [0.4, 0.5) is 17.3 Å². The molecule has 0 bridgehead atoms. The summed E-state index contributed by atoms with van der Waals surface area (Å²) in [5.41, 5.74) is 18.4. The first-order chi connectivity index (χ1) is 14.9. The number of likely N-dealkylation sites (N-methyl/N-ethyl adjacent to an activating group) is 2. The molecule has 10 heteroatoms. The Bertz CT molecular complexity index is 1030. The van der Waals surface area contributed by atoms with E-state index in [-0.39, 0.29) is 5.91 Å². The van der Waals surface area contributed by atoms with Gasteiger partial charge in [0, 0.05) is 38.3 Å². The highest BCUT2D eigenvalue weighted by Crippen LogP contribution is 2.24. The lowest BCUT2D eigenvalue weighted by Gasteiger charge is -2.17. The molecular formula is C21H29N9O. The number of pyridine rings is 1. The van der Waals surface area contributed by atoms with Crippen molar-refractivity contribution in [3.05, 3.63) is 65.0 Å². The zero-order valence-corrected chi connectivity index (χ0v) is 17.8. The molecule has 1 aromatic carbocycles. The molecule has 0 aliphatic heterocycles. The molecule has 2 heterocycles. The van der Waals surface area contributed by atoms with Gasteiger partial charge < -0.3 is 27.1 Å². The van der Waals surface area contributed by atoms with Crippen molar-refractivity contribution in [1.29, 1.82) is 0 Å². The van der Waals surface area contributed by atoms with Crippen LogP contribution in [0.5, 0.6) is 0 Å². The average Bonchev–Trinajstić information content (AvgIpc) is 3.21. The topological polar surface area (TPSA) is 153 Å². The number of anilines is 3. The van der Waals surface area contributed by atoms with Gasteiger partial charge in [-0.3, -0.25) is 9.48 Å². The highest BCUT2D eigenvalue weighted by molar-refractivity contribution is 5.94. The van der Waals surface area contributed by atoms with E-state index in [1.54, 1.807) is 24.2 Å². The number of hydrogen-bond acceptors (Lipinski definition) is 8. The molecule has 0 unspecified atom stereocenters. The molecule has 0 saturated heterocycles. The fourth-order valence-electron chi connectivity index (χ4n) is 3.23. The third kappa shape index (κ3) is 5.50. The van der Waals surface area contributed by atoms with E-state index in [2.05, 4.69) is 20.8 Å². The largest absolute Gasteiger partial charge is 0.395 e. The van der Waals surface area contributed by atoms with E-state index in [4.69, 9.17) is 17.3 Å². The lowest BCUT2D eigenvalue weighted by molar-refractivity contribution is 0.0797. The minimum Gasteiger partial charge on any atom is -0.395 e. The molecule has 2 aromatic heterocycles. The van der Waals surface area contributed by atoms with Crippen LogP contribution in [0.1, 0.15) is 27.0 Å². The van der Waals surface area contributed by atoms with Crippen molar-refractivity contribution >= 4 is 23.2 Å². The number of hydrogen-bond donors (Lipinski definition) is 5. The van der Waals surface area contributed by atoms with Gasteiger partial charge in [-0.1, -0.05) is 12.1 Å². The third-order valence-corrected chi connectivity index (χ3v) is 4.97. The van der Waals surface area contributed by atoms with Crippen LogP contribution in [0.15, 0.2) is 42.7 Å². The smallest absolute Gasteiger partial charge is 0.253 e. The maximum absolute atomic E-state index is 12.4. The Labute approximate surface area is 181 Å². The normalized spacial score (nSPS) is 10.8. The fraction of sp³-hybridized carbons (Fsp3) is 0.286. The predicted octanol–water partition coefficient (Wildman–Crippen LogP) is 0.659. The van der Waals surface area contributed by atoms with Crippen LogP contribution in [-0.2, 0) is 13.0 Å². The summed E-state index contributed by atoms with van der Waals surface area (Å²) in [5.74, 6) is 6.15. The second-order valence-corrected chi connectivity index (χ2v) is 7.36. The maximum atomic E-state index is 12.4. The first-order valence-electron chi connectivity index (χ1n) is 9.93. The fourth-order valence-corrected chi connectivity index (χ4v) is 3.23. The first-order valence-corrected chi connectivity index (χ1v) is 9.93. The molecule has 0 aliphatic carbocycles. The summed E-state index contributed by atoms with van der Waals surface area (Å²) in [6.07, 6.45) is 4.30. The van der Waals surface area contributed by atoms with Gasteiger partial charge in [0.25, 0.3) is 5.91 Å². The van der Waals surface area contributed by atoms with E-state index in [0.717, 1.165) is 23.2 Å². The summed E-state index contributed by atoms with van der Waals surface area (Å²) >= 11 is 0. The van der Waals surface area contributed by atoms with Crippen LogP contribution in [0.3, 0.4) is 0 Å². The van der Waals surface area contributed by atoms with E-state index in [1.165, 1.54) is 0 Å². The van der Waals surface area contributed by atoms with Crippen LogP contribution in [0, 0.1) is 0 Å². The first kappa shape index (κ1) is 22.1. The molecule has 0 saturated carbocycles. The molecule has 1 amide bonds. The minimum absolute atomic E-state index is 0.00345. The number of rotatable bonds is 9. The minimum atomic E-state index is 0.00345. The van der Waals surface area contributed by atoms with Gasteiger partial charge in [0.05, 0.1) is 18.4 Å². The molecule has 0 fully saturated rings. The highest BCUT2D eigenvalue weighted by atomic mass is 16.2. The summed E-state index contributed by atoms with van der Waals surface area (Å²) in [6.45, 7) is 2.00. The van der Waals surface area contributed by atoms with Crippen molar-refractivity contribution in [3.63, 3.8) is 0 Å². The van der Waals surface area contributed by atoms with Crippen LogP contribution < -0.4 is 28.1 Å². The maximum Gasteiger partial charge on any atom is 0.253 e. The van der Waals surface area contributed by atoms with Crippen LogP contribution in [-0.4, -0.2) is 52.8 Å². The number of hydrazine groups is 1. The SMILES string of the molecule is CNCCN(C)C(=O)c1ccc(Cn2cc(Cc3cc(N)nc(NN)c3N)cn2)cc1. The van der Waals surface area contributed by atoms with E-state index < -0.39 is 0 Å². The quantitative estimate of drug-likeness (QED) is 0.248. The summed E-state index contributed by atoms with van der Waals surface area (Å²) < 4.78 is 1.84. The molecule has 164 valence electrons. The van der Waals surface area contributed by atoms with Gasteiger partial charge in [-0.15, -0.1) is 0 Å². The van der Waals surface area contributed by atoms with Crippen molar-refractivity contribution in [2.45, 2.75) is 13.0 Å². The van der Waals surface area contributed by atoms with Crippen LogP contribution in [0.2, 0.25) is 0 Å². The summed E-state index contributed by atoms with van der Waals surface area (Å²) in [6, 6.07) is 9.32. The zero-order valence-electron chi connectivity index (χ0n) is 17.8. The standard InChI is InChI=1S/C21H29N9O/c1-25-7-8-29(2)21(31)16-5-3-14(4-6-16)12-30-13-15(11-26-30)9-17-10-18(22)27-20(28-24)19(17)23/h3-6,10-11,13,25H,7-9,12,23-24H2,1-2H3,(H3,22,27,28). The summed E-state index contributed by atoms with van der Waals surface area (Å²) in [7, 11) is 3.67. The van der Waals surface area contributed by atoms with Gasteiger partial charge in [-0.2, -0.15) is 5.10 Å². The number of amides is 1. The van der Waals surface area contributed by atoms with Gasteiger partial charge in [0.2, 0.25) is 0 Å². The second-order valence-electron chi connectivity index (χ2n) is 7.36. The van der Waals surface area contributed by atoms with Crippen molar-refractivity contribution in [3.8, 4) is 0 Å². The van der Waals surface area contributed by atoms with Crippen molar-refractivity contribution in [2.75, 3.05) is 44.1 Å². The van der Waals surface area contributed by atoms with Gasteiger partial charge >= 0.3 is 0 Å². The van der Waals surface area contributed by atoms with Crippen molar-refractivity contribution < 1.29 is 4.79 Å². The Balaban J connectivity index is 1.65. The number of carbonyl (C=O) groups excluding carboxylic acids is 1. The number of benzene rings is 1. The van der Waals surface area contributed by atoms with Crippen LogP contribution in [0.25, 0.3) is 0 Å². The number of nitrogen functional groups attached to an aromatic ring is 3. The van der Waals surface area contributed by atoms with Crippen molar-refractivity contribution in [1.82, 2.24) is 25.0 Å².